The molecule has 0 radical (unpaired) electrons. The van der Waals surface area contributed by atoms with Gasteiger partial charge in [0.25, 0.3) is 0 Å². The maximum Gasteiger partial charge on any atom is 0.203 e. The van der Waals surface area contributed by atoms with Crippen molar-refractivity contribution in [2.75, 3.05) is 33.4 Å². The van der Waals surface area contributed by atoms with Crippen LogP contribution >= 0.6 is 11.3 Å². The van der Waals surface area contributed by atoms with Gasteiger partial charge in [0.2, 0.25) is 5.13 Å². The first kappa shape index (κ1) is 20.5. The fourth-order valence-corrected chi connectivity index (χ4v) is 3.32. The highest BCUT2D eigenvalue weighted by Gasteiger charge is 2.11. The molecule has 0 aliphatic rings. The molecule has 0 bridgehead atoms. The Hall–Kier alpha value is -3.26. The summed E-state index contributed by atoms with van der Waals surface area (Å²) in [6, 6.07) is 11.3. The van der Waals surface area contributed by atoms with E-state index in [1.165, 1.54) is 11.3 Å². The lowest BCUT2D eigenvalue weighted by Crippen LogP contribution is -1.97. The number of benzene rings is 2. The molecule has 0 fully saturated rings. The molecule has 1 N–H and O–H groups in total. The Balaban J connectivity index is 1.71. The van der Waals surface area contributed by atoms with Gasteiger partial charge in [0.05, 0.1) is 39.8 Å². The standard InChI is InChI=1S/C21H23N3O4S/c1-5-28-18-9-6-14(10-20(18)27-4)12-22-24-21-23-17(13-29-21)16-8-7-15(25-2)11-19(16)26-3/h6-13H,5H2,1-4H3,(H,23,24)/b22-12-. The topological polar surface area (TPSA) is 74.2 Å². The molecule has 0 saturated heterocycles. The van der Waals surface area contributed by atoms with Gasteiger partial charge in [-0.1, -0.05) is 0 Å². The predicted octanol–water partition coefficient (Wildman–Crippen LogP) is 4.68. The first-order chi connectivity index (χ1) is 14.2. The van der Waals surface area contributed by atoms with Crippen molar-refractivity contribution in [1.82, 2.24) is 4.98 Å². The first-order valence-corrected chi connectivity index (χ1v) is 9.84. The minimum absolute atomic E-state index is 0.580. The molecular weight excluding hydrogens is 390 g/mol. The Bertz CT molecular complexity index is 988. The normalized spacial score (nSPS) is 10.8. The molecular formula is C21H23N3O4S. The van der Waals surface area contributed by atoms with Crippen molar-refractivity contribution in [2.45, 2.75) is 6.92 Å². The quantitative estimate of drug-likeness (QED) is 0.406. The van der Waals surface area contributed by atoms with Crippen LogP contribution in [0.4, 0.5) is 5.13 Å². The number of nitrogens with one attached hydrogen (secondary N) is 1. The van der Waals surface area contributed by atoms with Gasteiger partial charge in [0, 0.05) is 17.0 Å². The maximum atomic E-state index is 5.52. The van der Waals surface area contributed by atoms with Crippen molar-refractivity contribution < 1.29 is 18.9 Å². The number of hydrogen-bond acceptors (Lipinski definition) is 8. The fourth-order valence-electron chi connectivity index (χ4n) is 2.66. The van der Waals surface area contributed by atoms with Crippen LogP contribution in [0.25, 0.3) is 11.3 Å². The molecule has 7 nitrogen and oxygen atoms in total. The summed E-state index contributed by atoms with van der Waals surface area (Å²) in [6.45, 7) is 2.51. The Morgan fingerprint density at radius 2 is 1.83 bits per heavy atom. The molecule has 2 aromatic carbocycles. The Morgan fingerprint density at radius 1 is 1.00 bits per heavy atom. The number of anilines is 1. The van der Waals surface area contributed by atoms with E-state index in [-0.39, 0.29) is 0 Å². The van der Waals surface area contributed by atoms with Crippen molar-refractivity contribution >= 4 is 22.7 Å². The summed E-state index contributed by atoms with van der Waals surface area (Å²) in [5, 5.41) is 6.88. The van der Waals surface area contributed by atoms with E-state index in [0.29, 0.717) is 29.0 Å². The number of nitrogens with zero attached hydrogens (tertiary/aromatic N) is 2. The predicted molar refractivity (Wildman–Crippen MR) is 116 cm³/mol. The van der Waals surface area contributed by atoms with Crippen molar-refractivity contribution in [2.24, 2.45) is 5.10 Å². The van der Waals surface area contributed by atoms with E-state index in [2.05, 4.69) is 15.5 Å². The fraction of sp³-hybridized carbons (Fsp3) is 0.238. The van der Waals surface area contributed by atoms with E-state index in [9.17, 15) is 0 Å². The second-order valence-corrected chi connectivity index (χ2v) is 6.68. The highest BCUT2D eigenvalue weighted by Crippen LogP contribution is 2.34. The molecule has 0 atom stereocenters. The van der Waals surface area contributed by atoms with E-state index >= 15 is 0 Å². The Labute approximate surface area is 173 Å². The molecule has 0 aliphatic heterocycles. The lowest BCUT2D eigenvalue weighted by Gasteiger charge is -2.09. The number of hydrazone groups is 1. The third-order valence-corrected chi connectivity index (χ3v) is 4.80. The van der Waals surface area contributed by atoms with Crippen LogP contribution in [0.5, 0.6) is 23.0 Å². The monoisotopic (exact) mass is 413 g/mol. The van der Waals surface area contributed by atoms with Gasteiger partial charge >= 0.3 is 0 Å². The molecule has 1 aromatic heterocycles. The number of aromatic nitrogens is 1. The van der Waals surface area contributed by atoms with Gasteiger partial charge in [-0.05, 0) is 42.8 Å². The molecule has 0 aliphatic carbocycles. The molecule has 1 heterocycles. The maximum absolute atomic E-state index is 5.52. The molecule has 8 heteroatoms. The van der Waals surface area contributed by atoms with Crippen LogP contribution in [0, 0.1) is 0 Å². The zero-order valence-corrected chi connectivity index (χ0v) is 17.6. The lowest BCUT2D eigenvalue weighted by atomic mass is 10.1. The summed E-state index contributed by atoms with van der Waals surface area (Å²) >= 11 is 1.46. The van der Waals surface area contributed by atoms with E-state index in [1.807, 2.05) is 48.7 Å². The molecule has 0 saturated carbocycles. The largest absolute Gasteiger partial charge is 0.497 e. The van der Waals surface area contributed by atoms with Crippen molar-refractivity contribution in [3.05, 3.63) is 47.3 Å². The molecule has 29 heavy (non-hydrogen) atoms. The molecule has 0 unspecified atom stereocenters. The molecule has 0 spiro atoms. The van der Waals surface area contributed by atoms with Gasteiger partial charge in [-0.3, -0.25) is 5.43 Å². The lowest BCUT2D eigenvalue weighted by molar-refractivity contribution is 0.311. The summed E-state index contributed by atoms with van der Waals surface area (Å²) in [6.07, 6.45) is 1.70. The number of thiazole rings is 1. The average molecular weight is 413 g/mol. The highest BCUT2D eigenvalue weighted by atomic mass is 32.1. The minimum atomic E-state index is 0.580. The molecule has 3 rings (SSSR count). The van der Waals surface area contributed by atoms with Gasteiger partial charge < -0.3 is 18.9 Å². The van der Waals surface area contributed by atoms with Crippen LogP contribution in [0.15, 0.2) is 46.9 Å². The van der Waals surface area contributed by atoms with E-state index in [0.717, 1.165) is 22.6 Å². The van der Waals surface area contributed by atoms with Crippen molar-refractivity contribution in [1.29, 1.82) is 0 Å². The van der Waals surface area contributed by atoms with Gasteiger partial charge in [-0.25, -0.2) is 4.98 Å². The third kappa shape index (κ3) is 4.97. The van der Waals surface area contributed by atoms with E-state index in [1.54, 1.807) is 27.5 Å². The first-order valence-electron chi connectivity index (χ1n) is 8.96. The minimum Gasteiger partial charge on any atom is -0.497 e. The van der Waals surface area contributed by atoms with E-state index in [4.69, 9.17) is 18.9 Å². The summed E-state index contributed by atoms with van der Waals surface area (Å²) in [4.78, 5) is 4.58. The zero-order valence-electron chi connectivity index (χ0n) is 16.8. The average Bonchev–Trinajstić information content (AvgIpc) is 3.23. The molecule has 3 aromatic rings. The van der Waals surface area contributed by atoms with Crippen LogP contribution in [0.2, 0.25) is 0 Å². The van der Waals surface area contributed by atoms with Crippen molar-refractivity contribution in [3.8, 4) is 34.3 Å². The Kier molecular flexibility index (Phi) is 6.91. The van der Waals surface area contributed by atoms with Crippen LogP contribution in [0.3, 0.4) is 0 Å². The van der Waals surface area contributed by atoms with Crippen LogP contribution in [-0.2, 0) is 0 Å². The number of rotatable bonds is 9. The highest BCUT2D eigenvalue weighted by molar-refractivity contribution is 7.14. The molecule has 152 valence electrons. The summed E-state index contributed by atoms with van der Waals surface area (Å²) in [7, 11) is 4.86. The van der Waals surface area contributed by atoms with Gasteiger partial charge in [0.1, 0.15) is 11.5 Å². The van der Waals surface area contributed by atoms with Crippen LogP contribution < -0.4 is 24.4 Å². The van der Waals surface area contributed by atoms with Gasteiger partial charge in [-0.2, -0.15) is 5.10 Å². The summed E-state index contributed by atoms with van der Waals surface area (Å²) < 4.78 is 21.6. The van der Waals surface area contributed by atoms with E-state index < -0.39 is 0 Å². The van der Waals surface area contributed by atoms with Gasteiger partial charge in [-0.15, -0.1) is 11.3 Å². The number of methoxy groups -OCH3 is 3. The molecule has 0 amide bonds. The smallest absolute Gasteiger partial charge is 0.203 e. The number of hydrogen-bond donors (Lipinski definition) is 1. The summed E-state index contributed by atoms with van der Waals surface area (Å²) in [5.74, 6) is 2.80. The SMILES string of the molecule is CCOc1ccc(/C=N\Nc2nc(-c3ccc(OC)cc3OC)cs2)cc1OC. The summed E-state index contributed by atoms with van der Waals surface area (Å²) in [5.41, 5.74) is 5.53. The van der Waals surface area contributed by atoms with Gasteiger partial charge in [0.15, 0.2) is 11.5 Å². The Morgan fingerprint density at radius 3 is 2.55 bits per heavy atom. The second kappa shape index (κ2) is 9.79. The number of ether oxygens (including phenoxy) is 4. The zero-order chi connectivity index (χ0) is 20.6. The second-order valence-electron chi connectivity index (χ2n) is 5.82. The third-order valence-electron chi connectivity index (χ3n) is 4.05. The van der Waals surface area contributed by atoms with Crippen molar-refractivity contribution in [3.63, 3.8) is 0 Å². The van der Waals surface area contributed by atoms with Crippen LogP contribution in [0.1, 0.15) is 12.5 Å². The van der Waals surface area contributed by atoms with Crippen LogP contribution in [-0.4, -0.2) is 39.1 Å².